The maximum atomic E-state index is 9.80. The van der Waals surface area contributed by atoms with Gasteiger partial charge in [-0.25, -0.2) is 0 Å². The number of aliphatic hydroxyl groups excluding tert-OH is 1. The summed E-state index contributed by atoms with van der Waals surface area (Å²) in [4.78, 5) is 0. The Kier molecular flexibility index (Phi) is 9.53. The van der Waals surface area contributed by atoms with E-state index in [0.29, 0.717) is 0 Å². The number of aliphatic hydroxyl groups is 1. The van der Waals surface area contributed by atoms with Crippen molar-refractivity contribution < 1.29 is 5.11 Å². The fraction of sp³-hybridized carbons (Fsp3) is 0.875. The second-order valence-electron chi connectivity index (χ2n) is 6.21. The van der Waals surface area contributed by atoms with Crippen LogP contribution in [0.2, 0.25) is 0 Å². The highest BCUT2D eigenvalue weighted by Crippen LogP contribution is 2.16. The van der Waals surface area contributed by atoms with Crippen LogP contribution in [0.4, 0.5) is 0 Å². The second-order valence-corrected chi connectivity index (χ2v) is 6.21. The third kappa shape index (κ3) is 13.6. The monoisotopic (exact) mass is 240 g/mol. The van der Waals surface area contributed by atoms with Crippen molar-refractivity contribution in [3.8, 4) is 0 Å². The molecule has 0 heterocycles. The van der Waals surface area contributed by atoms with Crippen molar-refractivity contribution in [2.45, 2.75) is 85.2 Å². The van der Waals surface area contributed by atoms with E-state index in [1.807, 2.05) is 0 Å². The Morgan fingerprint density at radius 3 is 2.18 bits per heavy atom. The van der Waals surface area contributed by atoms with Crippen LogP contribution in [0, 0.1) is 5.41 Å². The Balaban J connectivity index is 3.41. The molecule has 1 atom stereocenters. The smallest absolute Gasteiger partial charge is 0.0574 e. The number of hydrogen-bond donors (Lipinski definition) is 1. The standard InChI is InChI=1S/C16H32O/c1-5-6-7-8-9-10-12-15(17)13-11-14-16(2,3)4/h11,14-15,17H,5-10,12-13H2,1-4H3/b14-11-. The SMILES string of the molecule is CCCCCCCCC(O)C/C=C\C(C)(C)C. The maximum absolute atomic E-state index is 9.80. The van der Waals surface area contributed by atoms with Crippen LogP contribution in [0.1, 0.15) is 79.1 Å². The Bertz CT molecular complexity index is 188. The highest BCUT2D eigenvalue weighted by molar-refractivity contribution is 4.93. The van der Waals surface area contributed by atoms with Crippen LogP contribution < -0.4 is 0 Å². The first kappa shape index (κ1) is 16.7. The van der Waals surface area contributed by atoms with E-state index in [4.69, 9.17) is 0 Å². The van der Waals surface area contributed by atoms with Gasteiger partial charge in [-0.3, -0.25) is 0 Å². The molecule has 0 aliphatic rings. The molecule has 0 saturated carbocycles. The van der Waals surface area contributed by atoms with Gasteiger partial charge in [0.2, 0.25) is 0 Å². The molecule has 0 rings (SSSR count). The predicted molar refractivity (Wildman–Crippen MR) is 77.2 cm³/mol. The van der Waals surface area contributed by atoms with Gasteiger partial charge in [0.25, 0.3) is 0 Å². The zero-order valence-corrected chi connectivity index (χ0v) is 12.3. The van der Waals surface area contributed by atoms with Gasteiger partial charge < -0.3 is 5.11 Å². The van der Waals surface area contributed by atoms with Crippen molar-refractivity contribution in [1.29, 1.82) is 0 Å². The Hall–Kier alpha value is -0.300. The number of unbranched alkanes of at least 4 members (excludes halogenated alkanes) is 5. The summed E-state index contributed by atoms with van der Waals surface area (Å²) in [6, 6.07) is 0. The first-order valence-corrected chi connectivity index (χ1v) is 7.31. The summed E-state index contributed by atoms with van der Waals surface area (Å²) >= 11 is 0. The van der Waals surface area contributed by atoms with Gasteiger partial charge in [0.05, 0.1) is 6.10 Å². The Morgan fingerprint density at radius 1 is 1.00 bits per heavy atom. The van der Waals surface area contributed by atoms with Gasteiger partial charge in [0, 0.05) is 0 Å². The highest BCUT2D eigenvalue weighted by Gasteiger charge is 2.05. The van der Waals surface area contributed by atoms with Gasteiger partial charge in [-0.15, -0.1) is 0 Å². The van der Waals surface area contributed by atoms with Gasteiger partial charge in [-0.2, -0.15) is 0 Å². The maximum Gasteiger partial charge on any atom is 0.0574 e. The molecule has 1 heteroatoms. The van der Waals surface area contributed by atoms with Gasteiger partial charge in [-0.1, -0.05) is 78.4 Å². The molecule has 0 radical (unpaired) electrons. The first-order valence-electron chi connectivity index (χ1n) is 7.31. The number of allylic oxidation sites excluding steroid dienone is 1. The van der Waals surface area contributed by atoms with Crippen molar-refractivity contribution in [2.24, 2.45) is 5.41 Å². The fourth-order valence-electron chi connectivity index (χ4n) is 1.86. The van der Waals surface area contributed by atoms with E-state index >= 15 is 0 Å². The molecule has 0 spiro atoms. The lowest BCUT2D eigenvalue weighted by Crippen LogP contribution is -2.05. The molecule has 0 aromatic heterocycles. The molecule has 102 valence electrons. The average Bonchev–Trinajstić information content (AvgIpc) is 2.21. The van der Waals surface area contributed by atoms with Gasteiger partial charge >= 0.3 is 0 Å². The van der Waals surface area contributed by atoms with Crippen LogP contribution in [0.25, 0.3) is 0 Å². The molecule has 0 bridgehead atoms. The van der Waals surface area contributed by atoms with Crippen LogP contribution in [-0.2, 0) is 0 Å². The van der Waals surface area contributed by atoms with Crippen molar-refractivity contribution >= 4 is 0 Å². The van der Waals surface area contributed by atoms with Gasteiger partial charge in [0.1, 0.15) is 0 Å². The third-order valence-electron chi connectivity index (χ3n) is 2.92. The minimum Gasteiger partial charge on any atom is -0.393 e. The molecule has 0 fully saturated rings. The minimum absolute atomic E-state index is 0.139. The van der Waals surface area contributed by atoms with E-state index in [2.05, 4.69) is 39.8 Å². The lowest BCUT2D eigenvalue weighted by Gasteiger charge is -2.12. The van der Waals surface area contributed by atoms with Crippen LogP contribution in [0.15, 0.2) is 12.2 Å². The highest BCUT2D eigenvalue weighted by atomic mass is 16.3. The lowest BCUT2D eigenvalue weighted by atomic mass is 9.95. The van der Waals surface area contributed by atoms with Crippen LogP contribution >= 0.6 is 0 Å². The fourth-order valence-corrected chi connectivity index (χ4v) is 1.86. The normalized spacial score (nSPS) is 14.4. The van der Waals surface area contributed by atoms with Crippen LogP contribution in [0.5, 0.6) is 0 Å². The number of rotatable bonds is 9. The summed E-state index contributed by atoms with van der Waals surface area (Å²) in [6.07, 6.45) is 13.8. The molecule has 0 aliphatic heterocycles. The molecular weight excluding hydrogens is 208 g/mol. The average molecular weight is 240 g/mol. The van der Waals surface area contributed by atoms with E-state index in [-0.39, 0.29) is 11.5 Å². The Morgan fingerprint density at radius 2 is 1.59 bits per heavy atom. The molecule has 1 nitrogen and oxygen atoms in total. The molecular formula is C16H32O. The van der Waals surface area contributed by atoms with Crippen LogP contribution in [-0.4, -0.2) is 11.2 Å². The molecule has 1 N–H and O–H groups in total. The summed E-state index contributed by atoms with van der Waals surface area (Å²) in [6.45, 7) is 8.79. The van der Waals surface area contributed by atoms with E-state index < -0.39 is 0 Å². The molecule has 17 heavy (non-hydrogen) atoms. The largest absolute Gasteiger partial charge is 0.393 e. The summed E-state index contributed by atoms with van der Waals surface area (Å²) in [5.41, 5.74) is 0.236. The Labute approximate surface area is 108 Å². The lowest BCUT2D eigenvalue weighted by molar-refractivity contribution is 0.163. The zero-order chi connectivity index (χ0) is 13.1. The van der Waals surface area contributed by atoms with E-state index in [0.717, 1.165) is 12.8 Å². The molecule has 1 unspecified atom stereocenters. The summed E-state index contributed by atoms with van der Waals surface area (Å²) in [5.74, 6) is 0. The molecule has 0 saturated heterocycles. The summed E-state index contributed by atoms with van der Waals surface area (Å²) in [7, 11) is 0. The summed E-state index contributed by atoms with van der Waals surface area (Å²) in [5, 5.41) is 9.80. The topological polar surface area (TPSA) is 20.2 Å². The van der Waals surface area contributed by atoms with Crippen molar-refractivity contribution in [1.82, 2.24) is 0 Å². The molecule has 0 aromatic rings. The second kappa shape index (κ2) is 9.70. The predicted octanol–water partition coefficient (Wildman–Crippen LogP) is 5.09. The quantitative estimate of drug-likeness (QED) is 0.439. The molecule has 0 aliphatic carbocycles. The first-order chi connectivity index (χ1) is 7.95. The van der Waals surface area contributed by atoms with Crippen LogP contribution in [0.3, 0.4) is 0 Å². The van der Waals surface area contributed by atoms with Crippen molar-refractivity contribution in [3.05, 3.63) is 12.2 Å². The minimum atomic E-state index is -0.139. The van der Waals surface area contributed by atoms with E-state index in [1.165, 1.54) is 38.5 Å². The van der Waals surface area contributed by atoms with Gasteiger partial charge in [-0.05, 0) is 18.3 Å². The van der Waals surface area contributed by atoms with E-state index in [1.54, 1.807) is 0 Å². The van der Waals surface area contributed by atoms with Gasteiger partial charge in [0.15, 0.2) is 0 Å². The molecule has 0 amide bonds. The zero-order valence-electron chi connectivity index (χ0n) is 12.3. The third-order valence-corrected chi connectivity index (χ3v) is 2.92. The number of hydrogen-bond acceptors (Lipinski definition) is 1. The van der Waals surface area contributed by atoms with E-state index in [9.17, 15) is 5.11 Å². The van der Waals surface area contributed by atoms with Crippen molar-refractivity contribution in [2.75, 3.05) is 0 Å². The molecule has 0 aromatic carbocycles. The summed E-state index contributed by atoms with van der Waals surface area (Å²) < 4.78 is 0. The van der Waals surface area contributed by atoms with Crippen molar-refractivity contribution in [3.63, 3.8) is 0 Å².